The molecule has 0 amide bonds. The number of methoxy groups -OCH3 is 1. The minimum atomic E-state index is -0.0270. The third kappa shape index (κ3) is 1.23. The first-order valence-corrected chi connectivity index (χ1v) is 5.12. The average Bonchev–Trinajstić information content (AvgIpc) is 2.90. The molecule has 3 nitrogen and oxygen atoms in total. The van der Waals surface area contributed by atoms with E-state index in [4.69, 9.17) is 9.47 Å². The predicted octanol–water partition coefficient (Wildman–Crippen LogP) is 1.58. The monoisotopic (exact) mass is 204 g/mol. The molecule has 1 aromatic carbocycles. The highest BCUT2D eigenvalue weighted by molar-refractivity contribution is 5.80. The summed E-state index contributed by atoms with van der Waals surface area (Å²) in [6.45, 7) is 0.597. The minimum absolute atomic E-state index is 0.0270. The fraction of sp³-hybridized carbons (Fsp3) is 0.417. The van der Waals surface area contributed by atoms with Crippen LogP contribution in [0.3, 0.4) is 0 Å². The van der Waals surface area contributed by atoms with Crippen molar-refractivity contribution in [1.82, 2.24) is 0 Å². The van der Waals surface area contributed by atoms with Crippen LogP contribution in [0.2, 0.25) is 0 Å². The summed E-state index contributed by atoms with van der Waals surface area (Å²) in [6.07, 6.45) is 0. The van der Waals surface area contributed by atoms with Crippen LogP contribution in [0.1, 0.15) is 11.5 Å². The van der Waals surface area contributed by atoms with Gasteiger partial charge in [0.1, 0.15) is 5.75 Å². The molecule has 1 heterocycles. The Bertz CT molecular complexity index is 396. The summed E-state index contributed by atoms with van der Waals surface area (Å²) < 4.78 is 10.0. The van der Waals surface area contributed by atoms with Gasteiger partial charge in [-0.2, -0.15) is 0 Å². The zero-order valence-electron chi connectivity index (χ0n) is 8.47. The van der Waals surface area contributed by atoms with Gasteiger partial charge in [0.05, 0.1) is 19.6 Å². The molecule has 1 aliphatic heterocycles. The highest BCUT2D eigenvalue weighted by Crippen LogP contribution is 2.58. The first kappa shape index (κ1) is 8.77. The van der Waals surface area contributed by atoms with Gasteiger partial charge < -0.3 is 9.47 Å². The van der Waals surface area contributed by atoms with Gasteiger partial charge in [-0.05, 0) is 17.7 Å². The Labute approximate surface area is 88.0 Å². The topological polar surface area (TPSA) is 35.5 Å². The number of carbonyl (C=O) groups excluding carboxylic acids is 1. The van der Waals surface area contributed by atoms with Crippen molar-refractivity contribution in [3.8, 4) is 5.75 Å². The third-order valence-electron chi connectivity index (χ3n) is 3.36. The Kier molecular flexibility index (Phi) is 1.75. The highest BCUT2D eigenvalue weighted by atomic mass is 16.5. The Hall–Kier alpha value is -1.51. The zero-order chi connectivity index (χ0) is 10.4. The second-order valence-corrected chi connectivity index (χ2v) is 4.12. The van der Waals surface area contributed by atoms with Crippen LogP contribution in [-0.4, -0.2) is 19.7 Å². The smallest absolute Gasteiger partial charge is 0.310 e. The van der Waals surface area contributed by atoms with Gasteiger partial charge in [-0.25, -0.2) is 0 Å². The Morgan fingerprint density at radius 3 is 2.53 bits per heavy atom. The van der Waals surface area contributed by atoms with Gasteiger partial charge in [-0.1, -0.05) is 12.1 Å². The second kappa shape index (κ2) is 2.99. The number of ether oxygens (including phenoxy) is 2. The molecule has 15 heavy (non-hydrogen) atoms. The number of carbonyl (C=O) groups is 1. The molecule has 2 aliphatic rings. The molecule has 0 bridgehead atoms. The van der Waals surface area contributed by atoms with E-state index < -0.39 is 0 Å². The van der Waals surface area contributed by atoms with Gasteiger partial charge in [-0.15, -0.1) is 0 Å². The molecule has 3 atom stereocenters. The number of hydrogen-bond acceptors (Lipinski definition) is 3. The SMILES string of the molecule is COc1ccc([C@@H]2[C@H]3COC(=O)[C@H]32)cc1. The van der Waals surface area contributed by atoms with Gasteiger partial charge in [0.15, 0.2) is 0 Å². The van der Waals surface area contributed by atoms with E-state index in [1.807, 2.05) is 24.3 Å². The molecule has 1 saturated heterocycles. The van der Waals surface area contributed by atoms with Crippen LogP contribution >= 0.6 is 0 Å². The number of rotatable bonds is 2. The van der Waals surface area contributed by atoms with E-state index in [9.17, 15) is 4.79 Å². The Morgan fingerprint density at radius 1 is 1.27 bits per heavy atom. The van der Waals surface area contributed by atoms with E-state index in [-0.39, 0.29) is 11.9 Å². The Morgan fingerprint density at radius 2 is 2.00 bits per heavy atom. The van der Waals surface area contributed by atoms with Crippen molar-refractivity contribution >= 4 is 5.97 Å². The van der Waals surface area contributed by atoms with Crippen LogP contribution in [0.5, 0.6) is 5.75 Å². The van der Waals surface area contributed by atoms with Gasteiger partial charge >= 0.3 is 5.97 Å². The summed E-state index contributed by atoms with van der Waals surface area (Å²) in [5.41, 5.74) is 1.22. The first-order chi connectivity index (χ1) is 7.31. The molecule has 3 heteroatoms. The third-order valence-corrected chi connectivity index (χ3v) is 3.36. The van der Waals surface area contributed by atoms with Gasteiger partial charge in [-0.3, -0.25) is 4.79 Å². The summed E-state index contributed by atoms with van der Waals surface area (Å²) in [4.78, 5) is 11.3. The van der Waals surface area contributed by atoms with Crippen LogP contribution < -0.4 is 4.74 Å². The highest BCUT2D eigenvalue weighted by Gasteiger charge is 2.60. The molecule has 0 radical (unpaired) electrons. The second-order valence-electron chi connectivity index (χ2n) is 4.12. The lowest BCUT2D eigenvalue weighted by molar-refractivity contribution is -0.141. The number of benzene rings is 1. The van der Waals surface area contributed by atoms with E-state index in [0.29, 0.717) is 18.4 Å². The number of esters is 1. The van der Waals surface area contributed by atoms with Crippen LogP contribution in [-0.2, 0) is 9.53 Å². The Balaban J connectivity index is 1.81. The molecular formula is C12H12O3. The van der Waals surface area contributed by atoms with Crippen LogP contribution in [0.25, 0.3) is 0 Å². The minimum Gasteiger partial charge on any atom is -0.497 e. The van der Waals surface area contributed by atoms with Crippen molar-refractivity contribution < 1.29 is 14.3 Å². The van der Waals surface area contributed by atoms with Gasteiger partial charge in [0.2, 0.25) is 0 Å². The lowest BCUT2D eigenvalue weighted by Gasteiger charge is -2.05. The number of hydrogen-bond donors (Lipinski definition) is 0. The largest absolute Gasteiger partial charge is 0.497 e. The van der Waals surface area contributed by atoms with Crippen molar-refractivity contribution in [1.29, 1.82) is 0 Å². The lowest BCUT2D eigenvalue weighted by Crippen LogP contribution is -2.04. The molecule has 78 valence electrons. The van der Waals surface area contributed by atoms with Crippen molar-refractivity contribution in [2.75, 3.05) is 13.7 Å². The molecule has 0 unspecified atom stereocenters. The average molecular weight is 204 g/mol. The molecule has 2 fully saturated rings. The maximum absolute atomic E-state index is 11.3. The van der Waals surface area contributed by atoms with Crippen molar-refractivity contribution in [3.05, 3.63) is 29.8 Å². The predicted molar refractivity (Wildman–Crippen MR) is 53.7 cm³/mol. The summed E-state index contributed by atoms with van der Waals surface area (Å²) >= 11 is 0. The van der Waals surface area contributed by atoms with Crippen molar-refractivity contribution in [2.45, 2.75) is 5.92 Å². The van der Waals surface area contributed by atoms with Gasteiger partial charge in [0, 0.05) is 11.8 Å². The quantitative estimate of drug-likeness (QED) is 0.686. The van der Waals surface area contributed by atoms with Crippen LogP contribution in [0.4, 0.5) is 0 Å². The normalized spacial score (nSPS) is 32.1. The first-order valence-electron chi connectivity index (χ1n) is 5.12. The molecule has 1 aliphatic carbocycles. The van der Waals surface area contributed by atoms with E-state index in [0.717, 1.165) is 5.75 Å². The summed E-state index contributed by atoms with van der Waals surface area (Å²) in [7, 11) is 1.65. The maximum Gasteiger partial charge on any atom is 0.310 e. The van der Waals surface area contributed by atoms with Crippen molar-refractivity contribution in [3.63, 3.8) is 0 Å². The van der Waals surface area contributed by atoms with Crippen LogP contribution in [0, 0.1) is 11.8 Å². The molecule has 1 saturated carbocycles. The molecule has 0 aromatic heterocycles. The molecule has 0 N–H and O–H groups in total. The molecule has 3 rings (SSSR count). The summed E-state index contributed by atoms with van der Waals surface area (Å²) in [5, 5.41) is 0. The number of fused-ring (bicyclic) bond motifs is 1. The zero-order valence-corrected chi connectivity index (χ0v) is 8.47. The molecular weight excluding hydrogens is 192 g/mol. The molecule has 1 aromatic rings. The van der Waals surface area contributed by atoms with Gasteiger partial charge in [0.25, 0.3) is 0 Å². The summed E-state index contributed by atoms with van der Waals surface area (Å²) in [6, 6.07) is 7.95. The lowest BCUT2D eigenvalue weighted by atomic mass is 10.1. The van der Waals surface area contributed by atoms with Crippen molar-refractivity contribution in [2.24, 2.45) is 11.8 Å². The van der Waals surface area contributed by atoms with E-state index in [1.165, 1.54) is 5.56 Å². The van der Waals surface area contributed by atoms with Crippen LogP contribution in [0.15, 0.2) is 24.3 Å². The fourth-order valence-electron chi connectivity index (χ4n) is 2.46. The fourth-order valence-corrected chi connectivity index (χ4v) is 2.46. The number of cyclic esters (lactones) is 1. The standard InChI is InChI=1S/C12H12O3/c1-14-8-4-2-7(3-5-8)10-9-6-15-12(13)11(9)10/h2-5,9-11H,6H2,1H3/t9-,10-,11-/m1/s1. The molecule has 0 spiro atoms. The van der Waals surface area contributed by atoms with E-state index >= 15 is 0 Å². The summed E-state index contributed by atoms with van der Waals surface area (Å²) in [5.74, 6) is 1.76. The van der Waals surface area contributed by atoms with E-state index in [2.05, 4.69) is 0 Å². The maximum atomic E-state index is 11.3. The van der Waals surface area contributed by atoms with E-state index in [1.54, 1.807) is 7.11 Å².